The number of ether oxygens (including phenoxy) is 5. The molecule has 1 amide bonds. The summed E-state index contributed by atoms with van der Waals surface area (Å²) in [5.74, 6) is 0.419. The van der Waals surface area contributed by atoms with E-state index in [4.69, 9.17) is 23.7 Å². The highest BCUT2D eigenvalue weighted by Crippen LogP contribution is 2.43. The predicted molar refractivity (Wildman–Crippen MR) is 143 cm³/mol. The van der Waals surface area contributed by atoms with Gasteiger partial charge in [-0.15, -0.1) is 0 Å². The summed E-state index contributed by atoms with van der Waals surface area (Å²) in [6.07, 6.45) is 4.60. The number of Topliss-reactive ketones (excluding diaryl/α,β-unsaturated/α-hetero) is 1. The molecule has 2 atom stereocenters. The number of carbonyl (C=O) groups is 2. The fourth-order valence-corrected chi connectivity index (χ4v) is 5.28. The Morgan fingerprint density at radius 2 is 1.85 bits per heavy atom. The Morgan fingerprint density at radius 3 is 2.59 bits per heavy atom. The summed E-state index contributed by atoms with van der Waals surface area (Å²) >= 11 is 0. The van der Waals surface area contributed by atoms with Crippen molar-refractivity contribution in [2.75, 3.05) is 40.1 Å². The molecule has 208 valence electrons. The smallest absolute Gasteiger partial charge is 0.295 e. The van der Waals surface area contributed by atoms with E-state index in [1.807, 2.05) is 6.07 Å². The van der Waals surface area contributed by atoms with E-state index in [1.54, 1.807) is 37.4 Å². The molecular formula is C30H35NO8. The summed E-state index contributed by atoms with van der Waals surface area (Å²) in [5.41, 5.74) is 1.000. The van der Waals surface area contributed by atoms with Crippen molar-refractivity contribution in [3.05, 3.63) is 53.1 Å². The van der Waals surface area contributed by atoms with Crippen LogP contribution in [-0.2, 0) is 14.3 Å². The lowest BCUT2D eigenvalue weighted by Crippen LogP contribution is -2.36. The van der Waals surface area contributed by atoms with Crippen LogP contribution in [0, 0.1) is 0 Å². The molecule has 0 spiro atoms. The van der Waals surface area contributed by atoms with E-state index in [1.165, 1.54) is 4.90 Å². The van der Waals surface area contributed by atoms with Crippen molar-refractivity contribution in [1.29, 1.82) is 0 Å². The van der Waals surface area contributed by atoms with Crippen LogP contribution in [0.4, 0.5) is 0 Å². The highest BCUT2D eigenvalue weighted by Gasteiger charge is 2.47. The molecule has 0 bridgehead atoms. The van der Waals surface area contributed by atoms with Crippen LogP contribution in [0.2, 0.25) is 0 Å². The van der Waals surface area contributed by atoms with E-state index in [9.17, 15) is 14.7 Å². The Morgan fingerprint density at radius 1 is 1.03 bits per heavy atom. The number of nitrogens with zero attached hydrogens (tertiary/aromatic N) is 1. The summed E-state index contributed by atoms with van der Waals surface area (Å²) in [6.45, 7) is 4.38. The Hall–Kier alpha value is -3.72. The van der Waals surface area contributed by atoms with E-state index in [0.29, 0.717) is 60.6 Å². The predicted octanol–water partition coefficient (Wildman–Crippen LogP) is 4.64. The molecule has 5 rings (SSSR count). The minimum absolute atomic E-state index is 0.00772. The topological polar surface area (TPSA) is 104 Å². The number of benzene rings is 2. The van der Waals surface area contributed by atoms with Gasteiger partial charge in [-0.25, -0.2) is 0 Å². The summed E-state index contributed by atoms with van der Waals surface area (Å²) in [4.78, 5) is 28.3. The molecule has 0 saturated carbocycles. The van der Waals surface area contributed by atoms with Crippen molar-refractivity contribution in [2.24, 2.45) is 0 Å². The third kappa shape index (κ3) is 5.54. The number of unbranched alkanes of at least 4 members (excludes halogenated alkanes) is 2. The van der Waals surface area contributed by atoms with E-state index < -0.39 is 17.7 Å². The van der Waals surface area contributed by atoms with Crippen LogP contribution in [-0.4, -0.2) is 67.9 Å². The SMILES string of the molecule is CCCCCOc1ccc([C@@H]2C(=C(O)c3ccc4c(c3)OCCO4)C(=O)C(=O)N2C[C@@H]2CCCO2)cc1OC. The van der Waals surface area contributed by atoms with Gasteiger partial charge in [0.15, 0.2) is 23.0 Å². The molecule has 3 heterocycles. The third-order valence-electron chi connectivity index (χ3n) is 7.29. The van der Waals surface area contributed by atoms with Crippen molar-refractivity contribution in [3.63, 3.8) is 0 Å². The Labute approximate surface area is 228 Å². The maximum Gasteiger partial charge on any atom is 0.295 e. The van der Waals surface area contributed by atoms with Gasteiger partial charge in [-0.3, -0.25) is 9.59 Å². The van der Waals surface area contributed by atoms with Gasteiger partial charge in [0.25, 0.3) is 11.7 Å². The molecule has 0 aliphatic carbocycles. The first-order valence-electron chi connectivity index (χ1n) is 13.6. The summed E-state index contributed by atoms with van der Waals surface area (Å²) in [7, 11) is 1.55. The fourth-order valence-electron chi connectivity index (χ4n) is 5.28. The number of amides is 1. The van der Waals surface area contributed by atoms with Crippen LogP contribution >= 0.6 is 0 Å². The van der Waals surface area contributed by atoms with Crippen LogP contribution in [0.25, 0.3) is 5.76 Å². The number of likely N-dealkylation sites (tertiary alicyclic amines) is 1. The van der Waals surface area contributed by atoms with Gasteiger partial charge in [0.1, 0.15) is 19.0 Å². The molecule has 2 aromatic carbocycles. The Bertz CT molecular complexity index is 1250. The third-order valence-corrected chi connectivity index (χ3v) is 7.29. The van der Waals surface area contributed by atoms with Gasteiger partial charge in [-0.1, -0.05) is 25.8 Å². The maximum atomic E-state index is 13.4. The number of aliphatic hydroxyl groups is 1. The second-order valence-corrected chi connectivity index (χ2v) is 9.91. The molecule has 1 N–H and O–H groups in total. The molecule has 39 heavy (non-hydrogen) atoms. The number of fused-ring (bicyclic) bond motifs is 1. The van der Waals surface area contributed by atoms with Gasteiger partial charge in [0.05, 0.1) is 31.4 Å². The second-order valence-electron chi connectivity index (χ2n) is 9.91. The van der Waals surface area contributed by atoms with Crippen molar-refractivity contribution in [2.45, 2.75) is 51.2 Å². The zero-order valence-corrected chi connectivity index (χ0v) is 22.4. The van der Waals surface area contributed by atoms with Crippen LogP contribution in [0.1, 0.15) is 56.2 Å². The van der Waals surface area contributed by atoms with Gasteiger partial charge < -0.3 is 33.7 Å². The van der Waals surface area contributed by atoms with Crippen LogP contribution < -0.4 is 18.9 Å². The lowest BCUT2D eigenvalue weighted by molar-refractivity contribution is -0.140. The summed E-state index contributed by atoms with van der Waals surface area (Å²) in [6, 6.07) is 9.51. The van der Waals surface area contributed by atoms with Crippen LogP contribution in [0.3, 0.4) is 0 Å². The fraction of sp³-hybridized carbons (Fsp3) is 0.467. The number of hydrogen-bond donors (Lipinski definition) is 1. The first-order chi connectivity index (χ1) is 19.0. The molecule has 0 unspecified atom stereocenters. The van der Waals surface area contributed by atoms with E-state index >= 15 is 0 Å². The van der Waals surface area contributed by atoms with Crippen molar-refractivity contribution in [3.8, 4) is 23.0 Å². The van der Waals surface area contributed by atoms with Crippen LogP contribution in [0.15, 0.2) is 42.0 Å². The molecule has 3 aliphatic rings. The average Bonchev–Trinajstić information content (AvgIpc) is 3.57. The largest absolute Gasteiger partial charge is 0.507 e. The summed E-state index contributed by atoms with van der Waals surface area (Å²) in [5, 5.41) is 11.5. The molecular weight excluding hydrogens is 502 g/mol. The molecule has 9 heteroatoms. The van der Waals surface area contributed by atoms with Gasteiger partial charge in [-0.05, 0) is 55.2 Å². The van der Waals surface area contributed by atoms with Crippen LogP contribution in [0.5, 0.6) is 23.0 Å². The number of ketones is 1. The Balaban J connectivity index is 1.55. The average molecular weight is 538 g/mol. The molecule has 0 aromatic heterocycles. The van der Waals surface area contributed by atoms with E-state index in [0.717, 1.165) is 32.1 Å². The second kappa shape index (κ2) is 12.0. The van der Waals surface area contributed by atoms with Gasteiger partial charge in [0.2, 0.25) is 0 Å². The lowest BCUT2D eigenvalue weighted by atomic mass is 9.94. The van der Waals surface area contributed by atoms with E-state index in [-0.39, 0.29) is 24.0 Å². The number of hydrogen-bond acceptors (Lipinski definition) is 8. The molecule has 9 nitrogen and oxygen atoms in total. The van der Waals surface area contributed by atoms with Crippen molar-refractivity contribution < 1.29 is 38.4 Å². The highest BCUT2D eigenvalue weighted by atomic mass is 16.6. The monoisotopic (exact) mass is 537 g/mol. The highest BCUT2D eigenvalue weighted by molar-refractivity contribution is 6.46. The van der Waals surface area contributed by atoms with E-state index in [2.05, 4.69) is 6.92 Å². The molecule has 2 fully saturated rings. The molecule has 2 aromatic rings. The number of rotatable bonds is 10. The minimum atomic E-state index is -0.828. The van der Waals surface area contributed by atoms with Crippen molar-refractivity contribution in [1.82, 2.24) is 4.90 Å². The normalized spacial score (nSPS) is 21.8. The Kier molecular flexibility index (Phi) is 8.26. The van der Waals surface area contributed by atoms with Gasteiger partial charge in [-0.2, -0.15) is 0 Å². The standard InChI is InChI=1S/C30H35NO8/c1-3-4-5-12-37-22-10-8-19(16-24(22)35-2)27-26(29(33)30(34)31(27)18-21-7-6-13-36-21)28(32)20-9-11-23-25(17-20)39-15-14-38-23/h8-11,16-17,21,27,32H,3-7,12-15,18H2,1-2H3/t21-,27+/m0/s1. The quantitative estimate of drug-likeness (QED) is 0.202. The first-order valence-corrected chi connectivity index (χ1v) is 13.6. The maximum absolute atomic E-state index is 13.4. The summed E-state index contributed by atoms with van der Waals surface area (Å²) < 4.78 is 28.6. The van der Waals surface area contributed by atoms with Gasteiger partial charge >= 0.3 is 0 Å². The molecule has 0 radical (unpaired) electrons. The first kappa shape index (κ1) is 26.9. The number of aliphatic hydroxyl groups excluding tert-OH is 1. The molecule has 3 aliphatic heterocycles. The zero-order chi connectivity index (χ0) is 27.4. The number of carbonyl (C=O) groups excluding carboxylic acids is 2. The van der Waals surface area contributed by atoms with Crippen molar-refractivity contribution >= 4 is 17.4 Å². The lowest BCUT2D eigenvalue weighted by Gasteiger charge is -2.28. The number of methoxy groups -OCH3 is 1. The van der Waals surface area contributed by atoms with Gasteiger partial charge in [0, 0.05) is 18.7 Å². The molecule has 2 saturated heterocycles. The minimum Gasteiger partial charge on any atom is -0.507 e. The zero-order valence-electron chi connectivity index (χ0n) is 22.4.